The van der Waals surface area contributed by atoms with Crippen LogP contribution in [-0.4, -0.2) is 0 Å². The van der Waals surface area contributed by atoms with Gasteiger partial charge < -0.3 is 5.73 Å². The summed E-state index contributed by atoms with van der Waals surface area (Å²) in [7, 11) is 0. The topological polar surface area (TPSA) is 30.4 Å². The Bertz CT molecular complexity index is 284. The van der Waals surface area contributed by atoms with Crippen molar-refractivity contribution in [3.8, 4) is 0 Å². The van der Waals surface area contributed by atoms with Gasteiger partial charge in [0.05, 0.1) is 6.57 Å². The molecule has 50 valence electrons. The normalized spacial score (nSPS) is 8.80. The zero-order chi connectivity index (χ0) is 7.56. The van der Waals surface area contributed by atoms with Crippen molar-refractivity contribution in [2.24, 2.45) is 0 Å². The first-order valence-electron chi connectivity index (χ1n) is 2.97. The van der Waals surface area contributed by atoms with Crippen LogP contribution in [-0.2, 0) is 0 Å². The van der Waals surface area contributed by atoms with E-state index in [1.54, 1.807) is 18.2 Å². The quantitative estimate of drug-likeness (QED) is 0.425. The summed E-state index contributed by atoms with van der Waals surface area (Å²) in [6.45, 7) is 8.59. The van der Waals surface area contributed by atoms with Gasteiger partial charge in [-0.25, -0.2) is 4.85 Å². The predicted octanol–water partition coefficient (Wildman–Crippen LogP) is 2.13. The van der Waals surface area contributed by atoms with Gasteiger partial charge in [0, 0.05) is 5.69 Å². The van der Waals surface area contributed by atoms with Crippen LogP contribution < -0.4 is 5.73 Å². The molecule has 1 aromatic rings. The number of benzene rings is 1. The van der Waals surface area contributed by atoms with Crippen LogP contribution >= 0.6 is 0 Å². The summed E-state index contributed by atoms with van der Waals surface area (Å²) < 4.78 is 0. The summed E-state index contributed by atoms with van der Waals surface area (Å²) in [6.07, 6.45) is 0. The average molecular weight is 132 g/mol. The first-order valence-corrected chi connectivity index (χ1v) is 2.97. The van der Waals surface area contributed by atoms with E-state index in [9.17, 15) is 0 Å². The third-order valence-electron chi connectivity index (χ3n) is 1.38. The fraction of sp³-hybridized carbons (Fsp3) is 0.125. The van der Waals surface area contributed by atoms with Gasteiger partial charge in [0.2, 0.25) is 0 Å². The average Bonchev–Trinajstić information content (AvgIpc) is 1.95. The molecule has 0 aliphatic heterocycles. The molecule has 0 spiro atoms. The van der Waals surface area contributed by atoms with E-state index in [4.69, 9.17) is 12.3 Å². The molecule has 0 radical (unpaired) electrons. The monoisotopic (exact) mass is 132 g/mol. The van der Waals surface area contributed by atoms with Crippen LogP contribution in [0.25, 0.3) is 4.85 Å². The van der Waals surface area contributed by atoms with Gasteiger partial charge in [-0.15, -0.1) is 0 Å². The Kier molecular flexibility index (Phi) is 1.59. The van der Waals surface area contributed by atoms with E-state index in [0.29, 0.717) is 5.69 Å². The highest BCUT2D eigenvalue weighted by molar-refractivity contribution is 5.57. The molecule has 10 heavy (non-hydrogen) atoms. The lowest BCUT2D eigenvalue weighted by molar-refractivity contribution is 1.48. The maximum atomic E-state index is 6.70. The molecule has 2 N–H and O–H groups in total. The Labute approximate surface area is 60.1 Å². The molecule has 0 aliphatic carbocycles. The van der Waals surface area contributed by atoms with Crippen LogP contribution in [0.1, 0.15) is 5.56 Å². The highest BCUT2D eigenvalue weighted by atomic mass is 14.6. The van der Waals surface area contributed by atoms with E-state index in [-0.39, 0.29) is 0 Å². The van der Waals surface area contributed by atoms with Crippen LogP contribution in [0, 0.1) is 13.5 Å². The highest BCUT2D eigenvalue weighted by Crippen LogP contribution is 2.18. The minimum absolute atomic E-state index is 0.645. The Morgan fingerprint density at radius 2 is 2.20 bits per heavy atom. The summed E-state index contributed by atoms with van der Waals surface area (Å²) in [5.74, 6) is 0. The van der Waals surface area contributed by atoms with E-state index < -0.39 is 0 Å². The van der Waals surface area contributed by atoms with Crippen molar-refractivity contribution in [2.75, 3.05) is 5.73 Å². The predicted molar refractivity (Wildman–Crippen MR) is 41.9 cm³/mol. The van der Waals surface area contributed by atoms with Crippen molar-refractivity contribution < 1.29 is 0 Å². The Morgan fingerprint density at radius 1 is 1.50 bits per heavy atom. The van der Waals surface area contributed by atoms with E-state index in [1.807, 2.05) is 6.92 Å². The molecular formula is C8H8N2. The number of nitrogen functional groups attached to an aromatic ring is 1. The molecule has 0 heterocycles. The fourth-order valence-corrected chi connectivity index (χ4v) is 0.729. The first kappa shape index (κ1) is 6.63. The number of aryl methyl sites for hydroxylation is 1. The van der Waals surface area contributed by atoms with Gasteiger partial charge >= 0.3 is 0 Å². The van der Waals surface area contributed by atoms with Gasteiger partial charge in [-0.2, -0.15) is 0 Å². The molecule has 0 bridgehead atoms. The van der Waals surface area contributed by atoms with E-state index in [1.165, 1.54) is 0 Å². The van der Waals surface area contributed by atoms with Crippen molar-refractivity contribution in [2.45, 2.75) is 6.92 Å². The lowest BCUT2D eigenvalue weighted by Crippen LogP contribution is -1.86. The Balaban J connectivity index is 3.20. The molecular weight excluding hydrogens is 124 g/mol. The zero-order valence-corrected chi connectivity index (χ0v) is 5.76. The summed E-state index contributed by atoms with van der Waals surface area (Å²) in [4.78, 5) is 3.27. The molecule has 0 amide bonds. The highest BCUT2D eigenvalue weighted by Gasteiger charge is 1.93. The molecule has 2 heteroatoms. The second-order valence-electron chi connectivity index (χ2n) is 2.15. The van der Waals surface area contributed by atoms with E-state index in [0.717, 1.165) is 11.3 Å². The van der Waals surface area contributed by atoms with Crippen molar-refractivity contribution in [1.82, 2.24) is 0 Å². The molecule has 1 rings (SSSR count). The molecule has 0 saturated heterocycles. The maximum absolute atomic E-state index is 6.70. The number of nitrogens with two attached hydrogens (primary N) is 1. The summed E-state index contributed by atoms with van der Waals surface area (Å²) in [6, 6.07) is 5.25. The smallest absolute Gasteiger partial charge is 0.187 e. The number of rotatable bonds is 0. The molecule has 0 fully saturated rings. The van der Waals surface area contributed by atoms with Gasteiger partial charge in [-0.3, -0.25) is 0 Å². The first-order chi connectivity index (χ1) is 4.74. The molecule has 1 aromatic carbocycles. The largest absolute Gasteiger partial charge is 0.399 e. The van der Waals surface area contributed by atoms with Crippen molar-refractivity contribution in [3.63, 3.8) is 0 Å². The van der Waals surface area contributed by atoms with Crippen molar-refractivity contribution in [3.05, 3.63) is 35.2 Å². The second kappa shape index (κ2) is 2.40. The lowest BCUT2D eigenvalue weighted by atomic mass is 10.2. The Morgan fingerprint density at radius 3 is 2.70 bits per heavy atom. The minimum Gasteiger partial charge on any atom is -0.399 e. The zero-order valence-electron chi connectivity index (χ0n) is 5.76. The van der Waals surface area contributed by atoms with Gasteiger partial charge in [-0.05, 0) is 18.6 Å². The Hall–Kier alpha value is -1.49. The summed E-state index contributed by atoms with van der Waals surface area (Å²) in [5, 5.41) is 0. The van der Waals surface area contributed by atoms with Crippen LogP contribution in [0.2, 0.25) is 0 Å². The summed E-state index contributed by atoms with van der Waals surface area (Å²) in [5.41, 5.74) is 7.89. The standard InChI is InChI=1S/C8H8N2/c1-6-5-7(10-2)3-4-8(6)9/h3-5H,9H2,1H3. The number of anilines is 1. The molecule has 0 unspecified atom stereocenters. The van der Waals surface area contributed by atoms with Crippen molar-refractivity contribution >= 4 is 11.4 Å². The second-order valence-corrected chi connectivity index (χ2v) is 2.15. The fourth-order valence-electron chi connectivity index (χ4n) is 0.729. The maximum Gasteiger partial charge on any atom is 0.187 e. The number of nitrogens with zero attached hydrogens (tertiary/aromatic N) is 1. The van der Waals surface area contributed by atoms with Crippen LogP contribution in [0.15, 0.2) is 18.2 Å². The van der Waals surface area contributed by atoms with Gasteiger partial charge in [0.1, 0.15) is 0 Å². The SMILES string of the molecule is [C-]#[N+]c1ccc(N)c(C)c1. The third kappa shape index (κ3) is 1.08. The van der Waals surface area contributed by atoms with E-state index >= 15 is 0 Å². The van der Waals surface area contributed by atoms with Gasteiger partial charge in [0.15, 0.2) is 5.69 Å². The summed E-state index contributed by atoms with van der Waals surface area (Å²) >= 11 is 0. The van der Waals surface area contributed by atoms with Gasteiger partial charge in [0.25, 0.3) is 0 Å². The molecule has 0 atom stereocenters. The lowest BCUT2D eigenvalue weighted by Gasteiger charge is -1.97. The molecule has 0 aliphatic rings. The third-order valence-corrected chi connectivity index (χ3v) is 1.38. The van der Waals surface area contributed by atoms with Crippen molar-refractivity contribution in [1.29, 1.82) is 0 Å². The van der Waals surface area contributed by atoms with Gasteiger partial charge in [-0.1, -0.05) is 12.1 Å². The number of hydrogen-bond donors (Lipinski definition) is 1. The minimum atomic E-state index is 0.645. The molecule has 2 nitrogen and oxygen atoms in total. The van der Waals surface area contributed by atoms with E-state index in [2.05, 4.69) is 4.85 Å². The van der Waals surface area contributed by atoms with Crippen LogP contribution in [0.4, 0.5) is 11.4 Å². The number of hydrogen-bond acceptors (Lipinski definition) is 1. The molecule has 0 aromatic heterocycles. The molecule has 0 saturated carbocycles. The van der Waals surface area contributed by atoms with Crippen LogP contribution in [0.3, 0.4) is 0 Å². The van der Waals surface area contributed by atoms with Crippen LogP contribution in [0.5, 0.6) is 0 Å².